The van der Waals surface area contributed by atoms with Crippen LogP contribution in [0.15, 0.2) is 65.7 Å². The topological polar surface area (TPSA) is 158 Å². The van der Waals surface area contributed by atoms with Gasteiger partial charge >= 0.3 is 0 Å². The summed E-state index contributed by atoms with van der Waals surface area (Å²) in [6, 6.07) is 7.42. The third kappa shape index (κ3) is 6.79. The fourth-order valence-electron chi connectivity index (χ4n) is 8.76. The number of methoxy groups -OCH3 is 1. The number of fused-ring (bicyclic) bond motifs is 2. The van der Waals surface area contributed by atoms with Crippen molar-refractivity contribution in [3.05, 3.63) is 82.5 Å². The number of phenols is 1. The minimum atomic E-state index is -1.63. The van der Waals surface area contributed by atoms with Gasteiger partial charge in [-0.3, -0.25) is 9.59 Å². The maximum atomic E-state index is 13.2. The van der Waals surface area contributed by atoms with E-state index in [9.17, 15) is 24.9 Å². The molecular formula is C38H49N3O6. The number of benzene rings is 1. The number of dihydropyridines is 1. The van der Waals surface area contributed by atoms with Crippen LogP contribution in [-0.4, -0.2) is 58.2 Å². The zero-order valence-electron chi connectivity index (χ0n) is 27.3. The van der Waals surface area contributed by atoms with Crippen molar-refractivity contribution in [3.8, 4) is 11.5 Å². The first kappa shape index (κ1) is 33.1. The summed E-state index contributed by atoms with van der Waals surface area (Å²) < 4.78 is 5.60. The first-order chi connectivity index (χ1) is 22.7. The van der Waals surface area contributed by atoms with Crippen LogP contribution in [-0.2, 0) is 22.4 Å². The molecule has 0 unspecified atom stereocenters. The maximum Gasteiger partial charge on any atom is 0.170 e. The van der Waals surface area contributed by atoms with Crippen LogP contribution in [0.4, 0.5) is 0 Å². The van der Waals surface area contributed by atoms with E-state index in [-0.39, 0.29) is 49.1 Å². The summed E-state index contributed by atoms with van der Waals surface area (Å²) in [5, 5.41) is 36.5. The summed E-state index contributed by atoms with van der Waals surface area (Å²) in [6.07, 6.45) is 15.4. The van der Waals surface area contributed by atoms with E-state index in [4.69, 9.17) is 10.5 Å². The highest BCUT2D eigenvalue weighted by Gasteiger charge is 2.45. The fraction of sp³-hybridized carbons (Fsp3) is 0.526. The normalized spacial score (nSPS) is 27.7. The van der Waals surface area contributed by atoms with Gasteiger partial charge in [0.2, 0.25) is 0 Å². The van der Waals surface area contributed by atoms with Crippen molar-refractivity contribution in [3.63, 3.8) is 0 Å². The summed E-state index contributed by atoms with van der Waals surface area (Å²) in [4.78, 5) is 29.4. The number of aliphatic hydroxyl groups excluding tert-OH is 2. The Labute approximate surface area is 277 Å². The quantitative estimate of drug-likeness (QED) is 0.181. The molecule has 7 N–H and O–H groups in total. The number of rotatable bonds is 12. The smallest absolute Gasteiger partial charge is 0.170 e. The largest absolute Gasteiger partial charge is 0.504 e. The molecule has 2 aromatic rings. The monoisotopic (exact) mass is 643 g/mol. The third-order valence-electron chi connectivity index (χ3n) is 11.3. The number of carbonyl (C=O) groups excluding carboxylic acids is 2. The molecule has 1 aromatic heterocycles. The highest BCUT2D eigenvalue weighted by molar-refractivity contribution is 6.05. The van der Waals surface area contributed by atoms with Gasteiger partial charge in [0.15, 0.2) is 29.2 Å². The second kappa shape index (κ2) is 14.1. The molecule has 4 aliphatic rings. The molecule has 2 heterocycles. The van der Waals surface area contributed by atoms with Gasteiger partial charge in [-0.25, -0.2) is 0 Å². The number of allylic oxidation sites excluding steroid dienone is 3. The van der Waals surface area contributed by atoms with E-state index in [1.54, 1.807) is 6.07 Å². The number of nitrogens with one attached hydrogen (secondary N) is 2. The highest BCUT2D eigenvalue weighted by atomic mass is 16.5. The summed E-state index contributed by atoms with van der Waals surface area (Å²) in [5.74, 6) is 1.05. The zero-order valence-corrected chi connectivity index (χ0v) is 27.3. The number of ether oxygens (including phenoxy) is 1. The van der Waals surface area contributed by atoms with E-state index in [1.807, 2.05) is 42.6 Å². The van der Waals surface area contributed by atoms with Crippen LogP contribution in [0.5, 0.6) is 11.5 Å². The number of nitrogens with two attached hydrogens (primary N) is 1. The van der Waals surface area contributed by atoms with E-state index in [2.05, 4.69) is 10.3 Å². The van der Waals surface area contributed by atoms with Gasteiger partial charge < -0.3 is 36.1 Å². The molecule has 0 spiro atoms. The molecule has 0 amide bonds. The molecule has 2 fully saturated rings. The Morgan fingerprint density at radius 2 is 1.94 bits per heavy atom. The Hall–Kier alpha value is -3.82. The van der Waals surface area contributed by atoms with E-state index >= 15 is 0 Å². The van der Waals surface area contributed by atoms with Crippen LogP contribution in [0, 0.1) is 23.2 Å². The second-order valence-electron chi connectivity index (χ2n) is 14.2. The lowest BCUT2D eigenvalue weighted by atomic mass is 9.61. The second-order valence-corrected chi connectivity index (χ2v) is 14.2. The van der Waals surface area contributed by atoms with E-state index in [1.165, 1.54) is 32.8 Å². The summed E-state index contributed by atoms with van der Waals surface area (Å²) in [7, 11) is 1.48. The molecule has 9 nitrogen and oxygen atoms in total. The highest BCUT2D eigenvalue weighted by Crippen LogP contribution is 2.54. The summed E-state index contributed by atoms with van der Waals surface area (Å²) >= 11 is 0. The predicted octanol–water partition coefficient (Wildman–Crippen LogP) is 4.73. The number of H-pyrrole nitrogens is 1. The molecule has 6 rings (SSSR count). The number of hydrogen-bond acceptors (Lipinski definition) is 8. The van der Waals surface area contributed by atoms with Crippen LogP contribution < -0.4 is 15.8 Å². The van der Waals surface area contributed by atoms with Crippen LogP contribution in [0.2, 0.25) is 0 Å². The Kier molecular flexibility index (Phi) is 9.94. The number of hydrogen-bond donors (Lipinski definition) is 6. The molecule has 2 saturated carbocycles. The van der Waals surface area contributed by atoms with Crippen LogP contribution in [0.1, 0.15) is 80.5 Å². The SMILES string of the molecule is COc1cc(CCC(=O)[C@H](O)C(=O)C[C@@H]2CC[C@H]3CCCC[C@@H]3C2)cc([C@@H]2C3=CCNC(N)=C3C=C[C@@]2(CO)Cc2ccc[nH]2)c1O. The number of Topliss-reactive ketones (excluding diaryl/α,β-unsaturated/α-hetero) is 2. The molecule has 47 heavy (non-hydrogen) atoms. The number of phenolic OH excluding ortho intramolecular Hbond substituents is 1. The van der Waals surface area contributed by atoms with Gasteiger partial charge in [0.25, 0.3) is 0 Å². The van der Waals surface area contributed by atoms with Crippen molar-refractivity contribution in [1.29, 1.82) is 0 Å². The van der Waals surface area contributed by atoms with Crippen molar-refractivity contribution in [2.45, 2.75) is 82.7 Å². The van der Waals surface area contributed by atoms with Gasteiger partial charge in [-0.05, 0) is 79.2 Å². The first-order valence-corrected chi connectivity index (χ1v) is 17.2. The lowest BCUT2D eigenvalue weighted by Crippen LogP contribution is -2.40. The number of aromatic hydroxyl groups is 1. The third-order valence-corrected chi connectivity index (χ3v) is 11.3. The molecule has 9 heteroatoms. The summed E-state index contributed by atoms with van der Waals surface area (Å²) in [6.45, 7) is 0.297. The summed E-state index contributed by atoms with van der Waals surface area (Å²) in [5.41, 5.74) is 9.43. The molecule has 252 valence electrons. The average Bonchev–Trinajstić information content (AvgIpc) is 3.60. The molecule has 0 radical (unpaired) electrons. The number of carbonyl (C=O) groups is 2. The maximum absolute atomic E-state index is 13.2. The van der Waals surface area contributed by atoms with Crippen molar-refractivity contribution < 1.29 is 29.6 Å². The van der Waals surface area contributed by atoms with Crippen molar-refractivity contribution >= 4 is 11.6 Å². The number of aliphatic hydroxyl groups is 2. The Morgan fingerprint density at radius 3 is 2.68 bits per heavy atom. The number of ketones is 2. The molecule has 1 aliphatic heterocycles. The van der Waals surface area contributed by atoms with Gasteiger partial charge in [0.05, 0.1) is 13.7 Å². The Morgan fingerprint density at radius 1 is 1.13 bits per heavy atom. The minimum absolute atomic E-state index is 0.0292. The molecule has 6 atom stereocenters. The standard InChI is InChI=1S/C38H49N3O6/c1-47-33-20-24(9-11-31(43)36(46)32(44)19-23-8-10-25-5-2-3-6-26(25)17-23)18-30(35(33)45)34-28-13-16-41-37(39)29(28)12-14-38(34,22-42)21-27-7-4-15-40-27/h4,7,12-15,18,20,23,25-26,34,36,40-42,45-46H,2-3,5-6,8-11,16-17,19,21-22,39H2,1H3/t23-,25-,26-,34+,36+,38+/m1/s1. The zero-order chi connectivity index (χ0) is 33.1. The van der Waals surface area contributed by atoms with E-state index in [0.29, 0.717) is 35.8 Å². The van der Waals surface area contributed by atoms with Crippen molar-refractivity contribution in [1.82, 2.24) is 10.3 Å². The fourth-order valence-corrected chi connectivity index (χ4v) is 8.76. The van der Waals surface area contributed by atoms with Gasteiger partial charge in [0.1, 0.15) is 5.82 Å². The van der Waals surface area contributed by atoms with Crippen molar-refractivity contribution in [2.75, 3.05) is 20.3 Å². The van der Waals surface area contributed by atoms with Crippen LogP contribution in [0.25, 0.3) is 0 Å². The molecule has 0 bridgehead atoms. The van der Waals surface area contributed by atoms with Gasteiger partial charge in [0, 0.05) is 53.7 Å². The number of aromatic amines is 1. The molecule has 0 saturated heterocycles. The Bertz CT molecular complexity index is 1560. The molecule has 1 aromatic carbocycles. The minimum Gasteiger partial charge on any atom is -0.504 e. The lowest BCUT2D eigenvalue weighted by molar-refractivity contribution is -0.139. The number of aromatic nitrogens is 1. The van der Waals surface area contributed by atoms with Crippen LogP contribution >= 0.6 is 0 Å². The Balaban J connectivity index is 1.22. The van der Waals surface area contributed by atoms with Gasteiger partial charge in [-0.15, -0.1) is 0 Å². The van der Waals surface area contributed by atoms with Gasteiger partial charge in [-0.1, -0.05) is 50.0 Å². The first-order valence-electron chi connectivity index (χ1n) is 17.2. The van der Waals surface area contributed by atoms with Gasteiger partial charge in [-0.2, -0.15) is 0 Å². The molecular weight excluding hydrogens is 594 g/mol. The predicted molar refractivity (Wildman–Crippen MR) is 180 cm³/mol. The average molecular weight is 644 g/mol. The van der Waals surface area contributed by atoms with E-state index in [0.717, 1.165) is 42.0 Å². The van der Waals surface area contributed by atoms with Crippen LogP contribution in [0.3, 0.4) is 0 Å². The lowest BCUT2D eigenvalue weighted by Gasteiger charge is -2.43. The van der Waals surface area contributed by atoms with Crippen molar-refractivity contribution in [2.24, 2.45) is 28.9 Å². The number of aryl methyl sites for hydroxylation is 1. The molecule has 3 aliphatic carbocycles. The van der Waals surface area contributed by atoms with E-state index < -0.39 is 23.2 Å².